The van der Waals surface area contributed by atoms with Crippen LogP contribution >= 0.6 is 0 Å². The van der Waals surface area contributed by atoms with Gasteiger partial charge in [-0.05, 0) is 12.5 Å². The van der Waals surface area contributed by atoms with E-state index in [2.05, 4.69) is 6.92 Å². The van der Waals surface area contributed by atoms with Crippen LogP contribution in [-0.4, -0.2) is 30.5 Å². The van der Waals surface area contributed by atoms with E-state index in [4.69, 9.17) is 14.6 Å². The number of rotatable bonds is 6. The summed E-state index contributed by atoms with van der Waals surface area (Å²) in [5, 5.41) is 9.13. The van der Waals surface area contributed by atoms with Gasteiger partial charge in [0.05, 0.1) is 19.5 Å². The zero-order valence-electron chi connectivity index (χ0n) is 8.16. The van der Waals surface area contributed by atoms with Gasteiger partial charge in [-0.1, -0.05) is 13.3 Å². The average Bonchev–Trinajstić information content (AvgIpc) is 2.62. The lowest BCUT2D eigenvalue weighted by Gasteiger charge is -2.25. The number of aliphatic hydroxyl groups excluding tert-OH is 1. The smallest absolute Gasteiger partial charge is 0.158 e. The Morgan fingerprint density at radius 3 is 3.00 bits per heavy atom. The summed E-state index contributed by atoms with van der Waals surface area (Å²) in [6, 6.07) is 0. The van der Waals surface area contributed by atoms with Crippen molar-refractivity contribution < 1.29 is 14.6 Å². The molecule has 1 rings (SSSR count). The minimum Gasteiger partial charge on any atom is -0.490 e. The van der Waals surface area contributed by atoms with Crippen molar-refractivity contribution in [1.29, 1.82) is 0 Å². The summed E-state index contributed by atoms with van der Waals surface area (Å²) in [4.78, 5) is 0. The van der Waals surface area contributed by atoms with E-state index in [9.17, 15) is 0 Å². The highest BCUT2D eigenvalue weighted by molar-refractivity contribution is 4.97. The molecule has 1 atom stereocenters. The van der Waals surface area contributed by atoms with Gasteiger partial charge in [0.25, 0.3) is 0 Å². The van der Waals surface area contributed by atoms with Crippen LogP contribution in [0.5, 0.6) is 0 Å². The first-order chi connectivity index (χ1) is 6.33. The van der Waals surface area contributed by atoms with Crippen molar-refractivity contribution >= 4 is 0 Å². The van der Waals surface area contributed by atoms with Gasteiger partial charge in [-0.15, -0.1) is 0 Å². The molecule has 0 bridgehead atoms. The number of aliphatic hydroxyl groups is 1. The number of unbranched alkanes of at least 4 members (excludes halogenated alkanes) is 1. The summed E-state index contributed by atoms with van der Waals surface area (Å²) in [7, 11) is 0. The zero-order valence-corrected chi connectivity index (χ0v) is 8.16. The predicted octanol–water partition coefficient (Wildman–Crippen LogP) is 1.47. The fourth-order valence-corrected chi connectivity index (χ4v) is 1.25. The van der Waals surface area contributed by atoms with Crippen molar-refractivity contribution in [1.82, 2.24) is 0 Å². The fourth-order valence-electron chi connectivity index (χ4n) is 1.25. The maximum Gasteiger partial charge on any atom is 0.158 e. The van der Waals surface area contributed by atoms with Crippen LogP contribution in [0.3, 0.4) is 0 Å². The molecule has 1 heterocycles. The lowest BCUT2D eigenvalue weighted by atomic mass is 10.0. The summed E-state index contributed by atoms with van der Waals surface area (Å²) < 4.78 is 10.7. The standard InChI is InChI=1S/C10H18O3/c1-2-3-6-12-9-10(8-11)5-4-7-13-10/h4,7,11H,2-3,5-6,8-9H2,1H3. The van der Waals surface area contributed by atoms with Crippen molar-refractivity contribution in [2.75, 3.05) is 19.8 Å². The molecule has 76 valence electrons. The second kappa shape index (κ2) is 5.25. The summed E-state index contributed by atoms with van der Waals surface area (Å²) in [5.74, 6) is 0. The number of hydrogen-bond donors (Lipinski definition) is 1. The average molecular weight is 186 g/mol. The Labute approximate surface area is 79.3 Å². The topological polar surface area (TPSA) is 38.7 Å². The van der Waals surface area contributed by atoms with Crippen LogP contribution in [0.1, 0.15) is 26.2 Å². The molecule has 0 aromatic rings. The van der Waals surface area contributed by atoms with E-state index in [0.717, 1.165) is 25.9 Å². The molecule has 1 aliphatic rings. The first-order valence-electron chi connectivity index (χ1n) is 4.84. The SMILES string of the molecule is CCCCOCC1(CO)CC=CO1. The van der Waals surface area contributed by atoms with E-state index >= 15 is 0 Å². The Kier molecular flexibility index (Phi) is 4.25. The minimum atomic E-state index is -0.492. The van der Waals surface area contributed by atoms with Crippen LogP contribution in [0, 0.1) is 0 Å². The van der Waals surface area contributed by atoms with E-state index < -0.39 is 5.60 Å². The highest BCUT2D eigenvalue weighted by atomic mass is 16.5. The van der Waals surface area contributed by atoms with Gasteiger partial charge in [-0.25, -0.2) is 0 Å². The summed E-state index contributed by atoms with van der Waals surface area (Å²) in [5.41, 5.74) is -0.492. The van der Waals surface area contributed by atoms with Crippen LogP contribution in [0.25, 0.3) is 0 Å². The summed E-state index contributed by atoms with van der Waals surface area (Å²) in [6.45, 7) is 3.38. The van der Waals surface area contributed by atoms with Crippen molar-refractivity contribution in [2.24, 2.45) is 0 Å². The largest absolute Gasteiger partial charge is 0.490 e. The van der Waals surface area contributed by atoms with Gasteiger partial charge in [-0.2, -0.15) is 0 Å². The highest BCUT2D eigenvalue weighted by Crippen LogP contribution is 2.23. The van der Waals surface area contributed by atoms with Gasteiger partial charge in [0.2, 0.25) is 0 Å². The molecule has 0 aromatic carbocycles. The number of ether oxygens (including phenoxy) is 2. The molecule has 0 spiro atoms. The third-order valence-corrected chi connectivity index (χ3v) is 2.20. The molecule has 1 unspecified atom stereocenters. The maximum atomic E-state index is 9.13. The molecule has 13 heavy (non-hydrogen) atoms. The van der Waals surface area contributed by atoms with Crippen LogP contribution in [0.4, 0.5) is 0 Å². The molecule has 0 aromatic heterocycles. The Morgan fingerprint density at radius 1 is 1.62 bits per heavy atom. The van der Waals surface area contributed by atoms with Crippen molar-refractivity contribution in [3.63, 3.8) is 0 Å². The lowest BCUT2D eigenvalue weighted by molar-refractivity contribution is -0.0719. The normalized spacial score (nSPS) is 26.3. The first kappa shape index (κ1) is 10.5. The van der Waals surface area contributed by atoms with Gasteiger partial charge in [0, 0.05) is 13.0 Å². The lowest BCUT2D eigenvalue weighted by Crippen LogP contribution is -2.38. The zero-order chi connectivity index (χ0) is 9.57. The molecule has 0 amide bonds. The van der Waals surface area contributed by atoms with E-state index in [-0.39, 0.29) is 6.61 Å². The Balaban J connectivity index is 2.17. The molecule has 0 radical (unpaired) electrons. The van der Waals surface area contributed by atoms with Crippen molar-refractivity contribution in [3.8, 4) is 0 Å². The molecule has 3 nitrogen and oxygen atoms in total. The number of hydrogen-bond acceptors (Lipinski definition) is 3. The molecule has 0 saturated carbocycles. The van der Waals surface area contributed by atoms with Crippen molar-refractivity contribution in [2.45, 2.75) is 31.8 Å². The second-order valence-corrected chi connectivity index (χ2v) is 3.44. The van der Waals surface area contributed by atoms with Crippen LogP contribution in [-0.2, 0) is 9.47 Å². The van der Waals surface area contributed by atoms with E-state index in [1.54, 1.807) is 6.26 Å². The van der Waals surface area contributed by atoms with Crippen LogP contribution in [0.2, 0.25) is 0 Å². The first-order valence-corrected chi connectivity index (χ1v) is 4.84. The Hall–Kier alpha value is -0.540. The van der Waals surface area contributed by atoms with Gasteiger partial charge in [0.15, 0.2) is 5.60 Å². The molecule has 0 aliphatic carbocycles. The third-order valence-electron chi connectivity index (χ3n) is 2.20. The molecule has 0 fully saturated rings. The quantitative estimate of drug-likeness (QED) is 0.638. The molecule has 1 aliphatic heterocycles. The third kappa shape index (κ3) is 3.01. The Bertz CT molecular complexity index is 158. The minimum absolute atomic E-state index is 0.0200. The monoisotopic (exact) mass is 186 g/mol. The van der Waals surface area contributed by atoms with E-state index in [0.29, 0.717) is 6.61 Å². The molecule has 3 heteroatoms. The highest BCUT2D eigenvalue weighted by Gasteiger charge is 2.32. The molecular weight excluding hydrogens is 168 g/mol. The predicted molar refractivity (Wildman–Crippen MR) is 50.4 cm³/mol. The van der Waals surface area contributed by atoms with Gasteiger partial charge in [-0.3, -0.25) is 0 Å². The van der Waals surface area contributed by atoms with Gasteiger partial charge < -0.3 is 14.6 Å². The van der Waals surface area contributed by atoms with Gasteiger partial charge in [0.1, 0.15) is 0 Å². The molecular formula is C10H18O3. The Morgan fingerprint density at radius 2 is 2.46 bits per heavy atom. The van der Waals surface area contributed by atoms with E-state index in [1.165, 1.54) is 0 Å². The fraction of sp³-hybridized carbons (Fsp3) is 0.800. The summed E-state index contributed by atoms with van der Waals surface area (Å²) >= 11 is 0. The molecule has 1 N–H and O–H groups in total. The van der Waals surface area contributed by atoms with Crippen LogP contribution in [0.15, 0.2) is 12.3 Å². The van der Waals surface area contributed by atoms with E-state index in [1.807, 2.05) is 6.08 Å². The molecule has 0 saturated heterocycles. The summed E-state index contributed by atoms with van der Waals surface area (Å²) in [6.07, 6.45) is 6.49. The van der Waals surface area contributed by atoms with Crippen LogP contribution < -0.4 is 0 Å². The van der Waals surface area contributed by atoms with Gasteiger partial charge >= 0.3 is 0 Å². The maximum absolute atomic E-state index is 9.13. The second-order valence-electron chi connectivity index (χ2n) is 3.44. The van der Waals surface area contributed by atoms with Crippen molar-refractivity contribution in [3.05, 3.63) is 12.3 Å².